The first-order valence-corrected chi connectivity index (χ1v) is 11.6. The van der Waals surface area contributed by atoms with Gasteiger partial charge in [0.25, 0.3) is 5.91 Å². The van der Waals surface area contributed by atoms with Crippen LogP contribution in [-0.4, -0.2) is 30.1 Å². The zero-order valence-corrected chi connectivity index (χ0v) is 19.9. The molecule has 0 bridgehead atoms. The molecule has 2 aliphatic rings. The van der Waals surface area contributed by atoms with Crippen LogP contribution in [0.15, 0.2) is 66.7 Å². The Labute approximate surface area is 200 Å². The quantitative estimate of drug-likeness (QED) is 0.504. The molecule has 1 saturated heterocycles. The van der Waals surface area contributed by atoms with Crippen LogP contribution in [0.2, 0.25) is 0 Å². The molecule has 1 N–H and O–H groups in total. The molecule has 1 aliphatic heterocycles. The molecular weight excluding hydrogens is 430 g/mol. The lowest BCUT2D eigenvalue weighted by Crippen LogP contribution is -2.38. The van der Waals surface area contributed by atoms with Gasteiger partial charge in [-0.2, -0.15) is 0 Å². The second-order valence-corrected chi connectivity index (χ2v) is 10.3. The molecule has 0 aromatic heterocycles. The van der Waals surface area contributed by atoms with E-state index in [2.05, 4.69) is 11.9 Å². The molecule has 6 heteroatoms. The van der Waals surface area contributed by atoms with Crippen LogP contribution in [0.4, 0.5) is 0 Å². The first-order valence-electron chi connectivity index (χ1n) is 11.6. The predicted octanol–water partition coefficient (Wildman–Crippen LogP) is 4.55. The van der Waals surface area contributed by atoms with Gasteiger partial charge in [-0.25, -0.2) is 4.79 Å². The van der Waals surface area contributed by atoms with E-state index in [1.807, 2.05) is 30.3 Å². The maximum Gasteiger partial charge on any atom is 0.333 e. The van der Waals surface area contributed by atoms with Crippen molar-refractivity contribution >= 4 is 17.8 Å². The number of hydrogen-bond donors (Lipinski definition) is 1. The summed E-state index contributed by atoms with van der Waals surface area (Å²) in [4.78, 5) is 38.4. The summed E-state index contributed by atoms with van der Waals surface area (Å²) >= 11 is 0. The minimum Gasteiger partial charge on any atom is -0.465 e. The van der Waals surface area contributed by atoms with Gasteiger partial charge in [-0.15, -0.1) is 0 Å². The van der Waals surface area contributed by atoms with Gasteiger partial charge >= 0.3 is 11.9 Å². The summed E-state index contributed by atoms with van der Waals surface area (Å²) in [5.74, 6) is -0.885. The second-order valence-electron chi connectivity index (χ2n) is 10.3. The number of allylic oxidation sites excluding steroid dienone is 1. The van der Waals surface area contributed by atoms with Crippen molar-refractivity contribution in [2.45, 2.75) is 51.7 Å². The molecule has 1 amide bonds. The maximum atomic E-state index is 13.0. The number of hydrogen-bond acceptors (Lipinski definition) is 5. The first kappa shape index (κ1) is 23.7. The number of fused-ring (bicyclic) bond motifs is 1. The average molecular weight is 462 g/mol. The van der Waals surface area contributed by atoms with Crippen LogP contribution < -0.4 is 5.32 Å². The van der Waals surface area contributed by atoms with E-state index in [1.54, 1.807) is 45.0 Å². The van der Waals surface area contributed by atoms with Gasteiger partial charge in [0.15, 0.2) is 6.04 Å². The van der Waals surface area contributed by atoms with Gasteiger partial charge in [-0.3, -0.25) is 9.59 Å². The lowest BCUT2D eigenvalue weighted by Gasteiger charge is -2.25. The molecule has 34 heavy (non-hydrogen) atoms. The van der Waals surface area contributed by atoms with Crippen molar-refractivity contribution in [3.8, 4) is 0 Å². The Kier molecular flexibility index (Phi) is 6.34. The van der Waals surface area contributed by atoms with Crippen molar-refractivity contribution in [3.63, 3.8) is 0 Å². The summed E-state index contributed by atoms with van der Waals surface area (Å²) in [5.41, 5.74) is 1.89. The largest absolute Gasteiger partial charge is 0.465 e. The highest BCUT2D eigenvalue weighted by atomic mass is 16.6. The van der Waals surface area contributed by atoms with Crippen LogP contribution in [0.3, 0.4) is 0 Å². The van der Waals surface area contributed by atoms with Crippen LogP contribution in [0.5, 0.6) is 0 Å². The molecule has 1 saturated carbocycles. The zero-order chi connectivity index (χ0) is 24.5. The third-order valence-electron chi connectivity index (χ3n) is 6.49. The van der Waals surface area contributed by atoms with Crippen LogP contribution in [0, 0.1) is 11.3 Å². The number of nitrogens with one attached hydrogen (secondary N) is 1. The summed E-state index contributed by atoms with van der Waals surface area (Å²) in [7, 11) is 0. The number of ether oxygens (including phenoxy) is 2. The monoisotopic (exact) mass is 461 g/mol. The van der Waals surface area contributed by atoms with Gasteiger partial charge in [-0.05, 0) is 63.3 Å². The smallest absolute Gasteiger partial charge is 0.333 e. The van der Waals surface area contributed by atoms with Gasteiger partial charge in [0.2, 0.25) is 0 Å². The van der Waals surface area contributed by atoms with Crippen molar-refractivity contribution in [1.82, 2.24) is 5.32 Å². The highest BCUT2D eigenvalue weighted by Gasteiger charge is 2.55. The zero-order valence-electron chi connectivity index (χ0n) is 19.9. The SMILES string of the molecule is C=C1CC2COC(=O)C2(Cc2ccc(C(=O)NC(C(=O)OC(C)(C)C)c3ccccc3)cc2)C1. The Balaban J connectivity index is 1.49. The number of carbonyl (C=O) groups excluding carboxylic acids is 3. The molecule has 2 aromatic rings. The van der Waals surface area contributed by atoms with E-state index in [9.17, 15) is 14.4 Å². The minimum atomic E-state index is -0.926. The Morgan fingerprint density at radius 3 is 2.47 bits per heavy atom. The lowest BCUT2D eigenvalue weighted by molar-refractivity contribution is -0.157. The van der Waals surface area contributed by atoms with E-state index in [0.29, 0.717) is 30.6 Å². The summed E-state index contributed by atoms with van der Waals surface area (Å²) in [6, 6.07) is 15.3. The van der Waals surface area contributed by atoms with Crippen molar-refractivity contribution < 1.29 is 23.9 Å². The highest BCUT2D eigenvalue weighted by molar-refractivity contribution is 5.97. The van der Waals surface area contributed by atoms with Gasteiger partial charge in [0.05, 0.1) is 12.0 Å². The summed E-state index contributed by atoms with van der Waals surface area (Å²) in [6.45, 7) is 9.90. The summed E-state index contributed by atoms with van der Waals surface area (Å²) in [5, 5.41) is 2.81. The van der Waals surface area contributed by atoms with Gasteiger partial charge in [-0.1, -0.05) is 54.6 Å². The standard InChI is InChI=1S/C28H31NO5/c1-18-14-22-17-33-26(32)28(22,15-18)16-19-10-12-21(13-11-19)24(30)29-23(20-8-6-5-7-9-20)25(31)34-27(2,3)4/h5-13,22-23H,1,14-17H2,2-4H3,(H,29,30). The number of benzene rings is 2. The number of rotatable bonds is 6. The van der Waals surface area contributed by atoms with Crippen LogP contribution in [-0.2, 0) is 25.5 Å². The lowest BCUT2D eigenvalue weighted by atomic mass is 9.75. The fourth-order valence-electron chi connectivity index (χ4n) is 4.90. The number of esters is 2. The molecule has 3 atom stereocenters. The Morgan fingerprint density at radius 2 is 1.82 bits per heavy atom. The van der Waals surface area contributed by atoms with E-state index in [4.69, 9.17) is 9.47 Å². The summed E-state index contributed by atoms with van der Waals surface area (Å²) in [6.07, 6.45) is 2.02. The number of carbonyl (C=O) groups is 3. The molecule has 178 valence electrons. The molecule has 4 rings (SSSR count). The molecule has 2 aromatic carbocycles. The van der Waals surface area contributed by atoms with Crippen LogP contribution >= 0.6 is 0 Å². The van der Waals surface area contributed by atoms with Crippen molar-refractivity contribution in [2.24, 2.45) is 11.3 Å². The minimum absolute atomic E-state index is 0.152. The second kappa shape index (κ2) is 9.09. The molecule has 0 radical (unpaired) electrons. The predicted molar refractivity (Wildman–Crippen MR) is 128 cm³/mol. The topological polar surface area (TPSA) is 81.7 Å². The average Bonchev–Trinajstić information content (AvgIpc) is 3.25. The van der Waals surface area contributed by atoms with Crippen LogP contribution in [0.1, 0.15) is 61.1 Å². The first-order chi connectivity index (χ1) is 16.1. The van der Waals surface area contributed by atoms with E-state index in [0.717, 1.165) is 17.6 Å². The Bertz CT molecular complexity index is 1100. The number of cyclic esters (lactones) is 1. The third kappa shape index (κ3) is 4.91. The molecule has 3 unspecified atom stereocenters. The normalized spacial score (nSPS) is 22.6. The maximum absolute atomic E-state index is 13.0. The van der Waals surface area contributed by atoms with Gasteiger partial charge in [0.1, 0.15) is 5.60 Å². The van der Waals surface area contributed by atoms with E-state index >= 15 is 0 Å². The third-order valence-corrected chi connectivity index (χ3v) is 6.49. The summed E-state index contributed by atoms with van der Waals surface area (Å²) < 4.78 is 10.9. The highest BCUT2D eigenvalue weighted by Crippen LogP contribution is 2.52. The molecule has 6 nitrogen and oxygen atoms in total. The molecule has 0 spiro atoms. The van der Waals surface area contributed by atoms with Crippen molar-refractivity contribution in [2.75, 3.05) is 6.61 Å². The van der Waals surface area contributed by atoms with Gasteiger partial charge in [0, 0.05) is 11.5 Å². The van der Waals surface area contributed by atoms with Crippen molar-refractivity contribution in [3.05, 3.63) is 83.4 Å². The van der Waals surface area contributed by atoms with E-state index < -0.39 is 23.0 Å². The van der Waals surface area contributed by atoms with Crippen LogP contribution in [0.25, 0.3) is 0 Å². The number of amides is 1. The van der Waals surface area contributed by atoms with E-state index in [-0.39, 0.29) is 17.8 Å². The molecule has 2 fully saturated rings. The Hall–Kier alpha value is -3.41. The fraction of sp³-hybridized carbons (Fsp3) is 0.393. The van der Waals surface area contributed by atoms with Gasteiger partial charge < -0.3 is 14.8 Å². The fourth-order valence-corrected chi connectivity index (χ4v) is 4.90. The van der Waals surface area contributed by atoms with E-state index in [1.165, 1.54) is 0 Å². The van der Waals surface area contributed by atoms with Crippen molar-refractivity contribution in [1.29, 1.82) is 0 Å². The molecule has 1 heterocycles. The molecule has 1 aliphatic carbocycles. The Morgan fingerprint density at radius 1 is 1.15 bits per heavy atom. The molecular formula is C28H31NO5.